The number of nitrogen functional groups attached to an aromatic ring is 1. The summed E-state index contributed by atoms with van der Waals surface area (Å²) in [7, 11) is 1.75. The lowest BCUT2D eigenvalue weighted by atomic mass is 10.1. The summed E-state index contributed by atoms with van der Waals surface area (Å²) in [5, 5.41) is 1.10. The predicted octanol–water partition coefficient (Wildman–Crippen LogP) is 3.28. The molecule has 1 aromatic heterocycles. The summed E-state index contributed by atoms with van der Waals surface area (Å²) in [5.74, 6) is 1.75. The molecule has 0 fully saturated rings. The normalized spacial score (nSPS) is 18.2. The van der Waals surface area contributed by atoms with Crippen molar-refractivity contribution in [3.8, 4) is 0 Å². The Hall–Kier alpha value is -1.57. The lowest BCUT2D eigenvalue weighted by Crippen LogP contribution is -2.23. The number of anilines is 1. The van der Waals surface area contributed by atoms with Crippen LogP contribution in [0.3, 0.4) is 0 Å². The van der Waals surface area contributed by atoms with E-state index in [-0.39, 0.29) is 0 Å². The van der Waals surface area contributed by atoms with Crippen LogP contribution in [0.25, 0.3) is 5.57 Å². The molecule has 5 nitrogen and oxygen atoms in total. The van der Waals surface area contributed by atoms with E-state index in [1.165, 1.54) is 17.6 Å². The van der Waals surface area contributed by atoms with E-state index in [1.54, 1.807) is 30.1 Å². The van der Waals surface area contributed by atoms with Gasteiger partial charge in [-0.2, -0.15) is 5.48 Å². The van der Waals surface area contributed by atoms with E-state index in [2.05, 4.69) is 32.3 Å². The molecule has 3 rings (SSSR count). The summed E-state index contributed by atoms with van der Waals surface area (Å²) in [5.41, 5.74) is 13.7. The first kappa shape index (κ1) is 19.2. The Morgan fingerprint density at radius 3 is 2.85 bits per heavy atom. The first-order chi connectivity index (χ1) is 12.5. The average Bonchev–Trinajstić information content (AvgIpc) is 2.88. The predicted molar refractivity (Wildman–Crippen MR) is 113 cm³/mol. The summed E-state index contributed by atoms with van der Waals surface area (Å²) in [4.78, 5) is 17.2. The molecule has 0 saturated heterocycles. The minimum atomic E-state index is 0.503. The molecule has 0 aromatic carbocycles. The number of rotatable bonds is 4. The Bertz CT molecular complexity index is 909. The molecule has 2 aliphatic rings. The highest BCUT2D eigenvalue weighted by atomic mass is 32.2. The van der Waals surface area contributed by atoms with Gasteiger partial charge in [0.1, 0.15) is 4.67 Å². The number of thioether (sulfide) groups is 1. The number of fused-ring (bicyclic) bond motifs is 1. The largest absolute Gasteiger partial charge is 0.397 e. The van der Waals surface area contributed by atoms with Crippen LogP contribution in [0.4, 0.5) is 5.69 Å². The number of nitrogens with one attached hydrogen (secondary N) is 1. The van der Waals surface area contributed by atoms with Gasteiger partial charge in [0.25, 0.3) is 0 Å². The lowest BCUT2D eigenvalue weighted by molar-refractivity contribution is 0.209. The van der Waals surface area contributed by atoms with Crippen LogP contribution in [0.15, 0.2) is 32.2 Å². The minimum absolute atomic E-state index is 0.503. The number of nitrogens with zero attached hydrogens (tertiary/aromatic N) is 2. The Morgan fingerprint density at radius 2 is 2.15 bits per heavy atom. The Labute approximate surface area is 162 Å². The van der Waals surface area contributed by atoms with E-state index in [0.29, 0.717) is 12.4 Å². The van der Waals surface area contributed by atoms with Crippen LogP contribution >= 0.6 is 23.1 Å². The number of aliphatic imine (C=N–C) groups is 1. The fraction of sp³-hybridized carbons (Fsp3) is 0.474. The highest BCUT2D eigenvalue weighted by Gasteiger charge is 2.16. The Morgan fingerprint density at radius 1 is 1.35 bits per heavy atom. The highest BCUT2D eigenvalue weighted by molar-refractivity contribution is 8.04. The summed E-state index contributed by atoms with van der Waals surface area (Å²) >= 11 is 3.43. The van der Waals surface area contributed by atoms with Gasteiger partial charge in [-0.3, -0.25) is 0 Å². The third-order valence-electron chi connectivity index (χ3n) is 4.56. The van der Waals surface area contributed by atoms with E-state index < -0.39 is 0 Å². The van der Waals surface area contributed by atoms with Crippen molar-refractivity contribution in [3.63, 3.8) is 0 Å². The van der Waals surface area contributed by atoms with E-state index >= 15 is 0 Å². The third-order valence-corrected chi connectivity index (χ3v) is 6.79. The van der Waals surface area contributed by atoms with Crippen LogP contribution in [0.5, 0.6) is 0 Å². The van der Waals surface area contributed by atoms with Crippen molar-refractivity contribution in [1.82, 2.24) is 5.48 Å². The molecule has 0 spiro atoms. The quantitative estimate of drug-likeness (QED) is 0.470. The summed E-state index contributed by atoms with van der Waals surface area (Å²) in [6.45, 7) is 6.85. The number of hydrogen-bond acceptors (Lipinski definition) is 7. The SMILES string of the molecule is CNOC(=NCc1sc2c(c1N)=C(C)CC(C)=C(C)N=2)C1=CCCCS1. The maximum atomic E-state index is 6.48. The number of hydrogen-bond donors (Lipinski definition) is 2. The molecule has 0 radical (unpaired) electrons. The smallest absolute Gasteiger partial charge is 0.246 e. The Kier molecular flexibility index (Phi) is 6.21. The zero-order valence-electron chi connectivity index (χ0n) is 15.8. The van der Waals surface area contributed by atoms with Crippen LogP contribution in [0.2, 0.25) is 0 Å². The second kappa shape index (κ2) is 8.41. The van der Waals surface area contributed by atoms with Gasteiger partial charge in [-0.25, -0.2) is 9.98 Å². The van der Waals surface area contributed by atoms with Crippen molar-refractivity contribution >= 4 is 40.3 Å². The maximum absolute atomic E-state index is 6.48. The van der Waals surface area contributed by atoms with Crippen molar-refractivity contribution in [2.24, 2.45) is 9.98 Å². The molecule has 1 aromatic rings. The monoisotopic (exact) mass is 390 g/mol. The van der Waals surface area contributed by atoms with Gasteiger partial charge in [-0.1, -0.05) is 11.6 Å². The first-order valence-electron chi connectivity index (χ1n) is 8.84. The number of thiophene rings is 1. The fourth-order valence-electron chi connectivity index (χ4n) is 3.06. The highest BCUT2D eigenvalue weighted by Crippen LogP contribution is 2.26. The minimum Gasteiger partial charge on any atom is -0.397 e. The van der Waals surface area contributed by atoms with Crippen molar-refractivity contribution in [3.05, 3.63) is 37.0 Å². The van der Waals surface area contributed by atoms with E-state index in [4.69, 9.17) is 20.6 Å². The van der Waals surface area contributed by atoms with Gasteiger partial charge >= 0.3 is 0 Å². The molecule has 7 heteroatoms. The van der Waals surface area contributed by atoms with Crippen molar-refractivity contribution < 1.29 is 4.84 Å². The van der Waals surface area contributed by atoms with E-state index in [9.17, 15) is 0 Å². The molecular weight excluding hydrogens is 364 g/mol. The molecule has 140 valence electrons. The zero-order chi connectivity index (χ0) is 18.7. The van der Waals surface area contributed by atoms with Crippen molar-refractivity contribution in [1.29, 1.82) is 0 Å². The summed E-state index contributed by atoms with van der Waals surface area (Å²) in [6, 6.07) is 0. The maximum Gasteiger partial charge on any atom is 0.246 e. The van der Waals surface area contributed by atoms with Gasteiger partial charge in [-0.15, -0.1) is 23.1 Å². The molecule has 2 aliphatic heterocycles. The van der Waals surface area contributed by atoms with E-state index in [1.807, 2.05) is 0 Å². The molecule has 3 heterocycles. The molecule has 0 bridgehead atoms. The summed E-state index contributed by atoms with van der Waals surface area (Å²) in [6.07, 6.45) is 5.39. The zero-order valence-corrected chi connectivity index (χ0v) is 17.4. The van der Waals surface area contributed by atoms with Crippen molar-refractivity contribution in [2.45, 2.75) is 46.6 Å². The average molecular weight is 391 g/mol. The van der Waals surface area contributed by atoms with Crippen LogP contribution in [-0.2, 0) is 11.4 Å². The molecule has 0 amide bonds. The van der Waals surface area contributed by atoms with Gasteiger partial charge < -0.3 is 10.6 Å². The van der Waals surface area contributed by atoms with Crippen LogP contribution in [0, 0.1) is 0 Å². The van der Waals surface area contributed by atoms with Crippen LogP contribution in [0.1, 0.15) is 44.9 Å². The van der Waals surface area contributed by atoms with Crippen LogP contribution < -0.4 is 21.1 Å². The number of nitrogens with two attached hydrogens (primary N) is 1. The lowest BCUT2D eigenvalue weighted by Gasteiger charge is -2.14. The first-order valence-corrected chi connectivity index (χ1v) is 10.6. The second-order valence-corrected chi connectivity index (χ2v) is 8.76. The number of hydroxylamine groups is 1. The number of allylic oxidation sites excluding steroid dienone is 3. The second-order valence-electron chi connectivity index (χ2n) is 6.54. The topological polar surface area (TPSA) is 72.0 Å². The molecular formula is C19H26N4OS2. The van der Waals surface area contributed by atoms with E-state index in [0.717, 1.165) is 49.7 Å². The third kappa shape index (κ3) is 4.05. The fourth-order valence-corrected chi connectivity index (χ4v) is 5.19. The van der Waals surface area contributed by atoms with Crippen molar-refractivity contribution in [2.75, 3.05) is 18.5 Å². The molecule has 0 atom stereocenters. The molecule has 3 N–H and O–H groups in total. The Balaban J connectivity index is 1.96. The molecule has 26 heavy (non-hydrogen) atoms. The van der Waals surface area contributed by atoms with Gasteiger partial charge in [0.05, 0.1) is 22.0 Å². The van der Waals surface area contributed by atoms with Gasteiger partial charge in [0.2, 0.25) is 5.90 Å². The standard InChI is InChI=1S/C19H26N4OS2/c1-11-9-12(2)16-17(20)15(26-19(16)23-13(11)3)10-22-18(24-21-4)14-7-5-6-8-25-14/h7,21H,5-6,8-10,20H2,1-4H3. The molecule has 0 saturated carbocycles. The van der Waals surface area contributed by atoms with Gasteiger partial charge in [0, 0.05) is 18.0 Å². The summed E-state index contributed by atoms with van der Waals surface area (Å²) < 4.78 is 1.00. The van der Waals surface area contributed by atoms with Crippen LogP contribution in [-0.4, -0.2) is 18.7 Å². The molecule has 0 unspecified atom stereocenters. The van der Waals surface area contributed by atoms with Gasteiger partial charge in [-0.05, 0) is 51.4 Å². The molecule has 0 aliphatic carbocycles. The van der Waals surface area contributed by atoms with Gasteiger partial charge in [0.15, 0.2) is 0 Å².